The molecule has 0 aliphatic rings. The number of halogens is 1. The molecule has 0 aliphatic heterocycles. The van der Waals surface area contributed by atoms with Crippen LogP contribution in [0, 0.1) is 11.8 Å². The molecule has 0 fully saturated rings. The second kappa shape index (κ2) is 4.69. The molecule has 10 heavy (non-hydrogen) atoms. The van der Waals surface area contributed by atoms with Crippen LogP contribution in [0.2, 0.25) is 0 Å². The van der Waals surface area contributed by atoms with E-state index in [0.717, 1.165) is 6.29 Å². The van der Waals surface area contributed by atoms with Gasteiger partial charge in [0.05, 0.1) is 6.10 Å². The fourth-order valence-electron chi connectivity index (χ4n) is 0.795. The third-order valence-electron chi connectivity index (χ3n) is 1.53. The highest BCUT2D eigenvalue weighted by molar-refractivity contribution is 6.18. The Kier molecular flexibility index (Phi) is 4.65. The molecule has 0 aromatic rings. The Bertz CT molecular complexity index is 104. The summed E-state index contributed by atoms with van der Waals surface area (Å²) >= 11 is 5.36. The largest absolute Gasteiger partial charge is 0.391 e. The zero-order valence-corrected chi connectivity index (χ0v) is 7.01. The van der Waals surface area contributed by atoms with Crippen LogP contribution >= 0.6 is 11.6 Å². The number of hydrogen-bond acceptors (Lipinski definition) is 2. The zero-order chi connectivity index (χ0) is 8.15. The molecule has 0 amide bonds. The summed E-state index contributed by atoms with van der Waals surface area (Å²) in [5.41, 5.74) is 0. The molecule has 0 aliphatic carbocycles. The van der Waals surface area contributed by atoms with E-state index in [1.807, 2.05) is 13.8 Å². The highest BCUT2D eigenvalue weighted by atomic mass is 35.5. The van der Waals surface area contributed by atoms with Crippen molar-refractivity contribution in [3.8, 4) is 0 Å². The highest BCUT2D eigenvalue weighted by Crippen LogP contribution is 2.13. The van der Waals surface area contributed by atoms with E-state index in [1.165, 1.54) is 0 Å². The molecule has 2 atom stereocenters. The normalized spacial score (nSPS) is 16.9. The van der Waals surface area contributed by atoms with Crippen LogP contribution in [0.15, 0.2) is 0 Å². The van der Waals surface area contributed by atoms with E-state index >= 15 is 0 Å². The minimum atomic E-state index is -0.695. The molecule has 0 bridgehead atoms. The Morgan fingerprint density at radius 1 is 1.60 bits per heavy atom. The zero-order valence-electron chi connectivity index (χ0n) is 6.25. The predicted molar refractivity (Wildman–Crippen MR) is 41.1 cm³/mol. The molecular formula is C7H13ClO2. The van der Waals surface area contributed by atoms with E-state index in [9.17, 15) is 4.79 Å². The van der Waals surface area contributed by atoms with Crippen LogP contribution in [0.3, 0.4) is 0 Å². The van der Waals surface area contributed by atoms with E-state index in [1.54, 1.807) is 0 Å². The van der Waals surface area contributed by atoms with Crippen LogP contribution in [-0.2, 0) is 4.79 Å². The molecular weight excluding hydrogens is 152 g/mol. The Morgan fingerprint density at radius 2 is 2.10 bits per heavy atom. The fraction of sp³-hybridized carbons (Fsp3) is 0.857. The molecule has 0 heterocycles. The van der Waals surface area contributed by atoms with Crippen LogP contribution in [0.5, 0.6) is 0 Å². The summed E-state index contributed by atoms with van der Waals surface area (Å²) in [6.45, 7) is 3.77. The maximum Gasteiger partial charge on any atom is 0.125 e. The molecule has 0 saturated heterocycles. The lowest BCUT2D eigenvalue weighted by molar-refractivity contribution is -0.115. The van der Waals surface area contributed by atoms with Crippen molar-refractivity contribution in [1.29, 1.82) is 0 Å². The summed E-state index contributed by atoms with van der Waals surface area (Å²) in [5, 5.41) is 9.12. The number of alkyl halides is 1. The summed E-state index contributed by atoms with van der Waals surface area (Å²) in [6, 6.07) is 0. The Hall–Kier alpha value is -0.0800. The maximum atomic E-state index is 10.3. The third kappa shape index (κ3) is 2.67. The summed E-state index contributed by atoms with van der Waals surface area (Å²) in [7, 11) is 0. The number of carbonyl (C=O) groups is 1. The average molecular weight is 165 g/mol. The average Bonchev–Trinajstić information content (AvgIpc) is 1.88. The minimum Gasteiger partial charge on any atom is -0.391 e. The van der Waals surface area contributed by atoms with E-state index in [-0.39, 0.29) is 17.7 Å². The van der Waals surface area contributed by atoms with Gasteiger partial charge in [0.15, 0.2) is 0 Å². The third-order valence-corrected chi connectivity index (χ3v) is 1.85. The van der Waals surface area contributed by atoms with Crippen molar-refractivity contribution in [2.45, 2.75) is 20.0 Å². The first-order valence-electron chi connectivity index (χ1n) is 3.32. The molecule has 0 aromatic carbocycles. The topological polar surface area (TPSA) is 37.3 Å². The number of aldehydes is 1. The number of hydrogen-bond donors (Lipinski definition) is 1. The second-order valence-corrected chi connectivity index (χ2v) is 2.99. The summed E-state index contributed by atoms with van der Waals surface area (Å²) < 4.78 is 0. The molecule has 60 valence electrons. The van der Waals surface area contributed by atoms with Crippen LogP contribution < -0.4 is 0 Å². The van der Waals surface area contributed by atoms with Gasteiger partial charge in [0, 0.05) is 11.8 Å². The SMILES string of the molecule is CC(C)[C@H](C=O)[C@@H](O)CCl. The summed E-state index contributed by atoms with van der Waals surface area (Å²) in [5.74, 6) is -0.0366. The molecule has 2 nitrogen and oxygen atoms in total. The van der Waals surface area contributed by atoms with Crippen LogP contribution in [0.1, 0.15) is 13.8 Å². The lowest BCUT2D eigenvalue weighted by Crippen LogP contribution is -2.27. The monoisotopic (exact) mass is 164 g/mol. The van der Waals surface area contributed by atoms with Gasteiger partial charge in [0.25, 0.3) is 0 Å². The van der Waals surface area contributed by atoms with Gasteiger partial charge in [-0.2, -0.15) is 0 Å². The van der Waals surface area contributed by atoms with E-state index < -0.39 is 6.10 Å². The molecule has 0 radical (unpaired) electrons. The van der Waals surface area contributed by atoms with Gasteiger partial charge in [-0.25, -0.2) is 0 Å². The van der Waals surface area contributed by atoms with Crippen molar-refractivity contribution in [3.63, 3.8) is 0 Å². The quantitative estimate of drug-likeness (QED) is 0.499. The van der Waals surface area contributed by atoms with Crippen molar-refractivity contribution >= 4 is 17.9 Å². The highest BCUT2D eigenvalue weighted by Gasteiger charge is 2.20. The summed E-state index contributed by atoms with van der Waals surface area (Å²) in [4.78, 5) is 10.3. The van der Waals surface area contributed by atoms with E-state index in [2.05, 4.69) is 0 Å². The van der Waals surface area contributed by atoms with E-state index in [0.29, 0.717) is 0 Å². The van der Waals surface area contributed by atoms with Crippen molar-refractivity contribution in [2.24, 2.45) is 11.8 Å². The number of aliphatic hydroxyl groups excluding tert-OH is 1. The van der Waals surface area contributed by atoms with Crippen molar-refractivity contribution < 1.29 is 9.90 Å². The first-order valence-corrected chi connectivity index (χ1v) is 3.86. The van der Waals surface area contributed by atoms with Gasteiger partial charge in [-0.1, -0.05) is 13.8 Å². The van der Waals surface area contributed by atoms with Crippen molar-refractivity contribution in [2.75, 3.05) is 5.88 Å². The predicted octanol–water partition coefficient (Wildman–Crippen LogP) is 1.06. The first-order chi connectivity index (χ1) is 4.63. The molecule has 1 N–H and O–H groups in total. The standard InChI is InChI=1S/C7H13ClO2/c1-5(2)6(4-9)7(10)3-8/h4-7,10H,3H2,1-2H3/t6-,7-/m0/s1. The van der Waals surface area contributed by atoms with Crippen LogP contribution in [0.4, 0.5) is 0 Å². The molecule has 0 rings (SSSR count). The van der Waals surface area contributed by atoms with Crippen LogP contribution in [-0.4, -0.2) is 23.4 Å². The smallest absolute Gasteiger partial charge is 0.125 e. The lowest BCUT2D eigenvalue weighted by Gasteiger charge is -2.18. The Morgan fingerprint density at radius 3 is 2.20 bits per heavy atom. The lowest BCUT2D eigenvalue weighted by atomic mass is 9.93. The molecule has 0 unspecified atom stereocenters. The van der Waals surface area contributed by atoms with Gasteiger partial charge in [0.1, 0.15) is 6.29 Å². The van der Waals surface area contributed by atoms with Gasteiger partial charge < -0.3 is 9.90 Å². The van der Waals surface area contributed by atoms with Gasteiger partial charge in [-0.15, -0.1) is 11.6 Å². The van der Waals surface area contributed by atoms with Crippen molar-refractivity contribution in [3.05, 3.63) is 0 Å². The summed E-state index contributed by atoms with van der Waals surface area (Å²) in [6.07, 6.45) is 0.0664. The fourth-order valence-corrected chi connectivity index (χ4v) is 1.00. The first kappa shape index (κ1) is 9.92. The molecule has 0 saturated carbocycles. The number of carbonyl (C=O) groups excluding carboxylic acids is 1. The van der Waals surface area contributed by atoms with E-state index in [4.69, 9.17) is 16.7 Å². The van der Waals surface area contributed by atoms with Gasteiger partial charge in [-0.05, 0) is 5.92 Å². The molecule has 3 heteroatoms. The minimum absolute atomic E-state index is 0.127. The van der Waals surface area contributed by atoms with Gasteiger partial charge >= 0.3 is 0 Å². The Balaban J connectivity index is 3.92. The molecule has 0 aromatic heterocycles. The van der Waals surface area contributed by atoms with Gasteiger partial charge in [0.2, 0.25) is 0 Å². The maximum absolute atomic E-state index is 10.3. The number of aliphatic hydroxyl groups is 1. The second-order valence-electron chi connectivity index (χ2n) is 2.68. The molecule has 0 spiro atoms. The Labute approximate surface area is 66.2 Å². The van der Waals surface area contributed by atoms with Crippen LogP contribution in [0.25, 0.3) is 0 Å². The number of rotatable bonds is 4. The van der Waals surface area contributed by atoms with Crippen molar-refractivity contribution in [1.82, 2.24) is 0 Å². The van der Waals surface area contributed by atoms with Gasteiger partial charge in [-0.3, -0.25) is 0 Å².